The van der Waals surface area contributed by atoms with Gasteiger partial charge in [-0.3, -0.25) is 14.4 Å². The molecule has 0 aromatic heterocycles. The van der Waals surface area contributed by atoms with Gasteiger partial charge < -0.3 is 30.3 Å². The van der Waals surface area contributed by atoms with E-state index in [4.69, 9.17) is 4.74 Å². The fourth-order valence-corrected chi connectivity index (χ4v) is 6.82. The van der Waals surface area contributed by atoms with Crippen molar-refractivity contribution in [2.24, 2.45) is 5.92 Å². The summed E-state index contributed by atoms with van der Waals surface area (Å²) in [5.74, 6) is 1.05. The molecule has 0 unspecified atom stereocenters. The highest BCUT2D eigenvalue weighted by molar-refractivity contribution is 6.00. The smallest absolute Gasteiger partial charge is 0.251 e. The Morgan fingerprint density at radius 1 is 1.02 bits per heavy atom. The average Bonchev–Trinajstić information content (AvgIpc) is 3.00. The van der Waals surface area contributed by atoms with Crippen LogP contribution in [0.3, 0.4) is 0 Å². The molecule has 1 spiro atoms. The van der Waals surface area contributed by atoms with E-state index in [1.54, 1.807) is 12.1 Å². The van der Waals surface area contributed by atoms with Crippen LogP contribution in [0.4, 0.5) is 0 Å². The van der Waals surface area contributed by atoms with Gasteiger partial charge in [-0.05, 0) is 81.7 Å². The number of hydrogen-bond acceptors (Lipinski definition) is 6. The molecule has 1 aliphatic carbocycles. The molecule has 4 rings (SSSR count). The molecular formula is C34H54N4O5. The first kappa shape index (κ1) is 33.2. The number of nitrogens with one attached hydrogen (secondary N) is 2. The van der Waals surface area contributed by atoms with Crippen LogP contribution in [0.15, 0.2) is 24.3 Å². The second-order valence-corrected chi connectivity index (χ2v) is 13.4. The van der Waals surface area contributed by atoms with E-state index in [1.807, 2.05) is 17.0 Å². The summed E-state index contributed by atoms with van der Waals surface area (Å²) in [6, 6.07) is 6.65. The van der Waals surface area contributed by atoms with Gasteiger partial charge in [-0.1, -0.05) is 46.5 Å². The Bertz CT molecular complexity index is 1060. The number of carbonyl (C=O) groups is 3. The van der Waals surface area contributed by atoms with Gasteiger partial charge in [-0.2, -0.15) is 0 Å². The highest BCUT2D eigenvalue weighted by Crippen LogP contribution is 2.37. The van der Waals surface area contributed by atoms with Gasteiger partial charge in [0.15, 0.2) is 0 Å². The molecule has 43 heavy (non-hydrogen) atoms. The number of aliphatic hydroxyl groups is 1. The standard InChI is InChI=1S/C34H54N4O5/c1-4-5-20-38-31(40)29(24-33(42)15-7-6-8-16-33)36-32(41)34(38)17-21-37(22-18-34)19-9-10-23-43-28-13-11-27(12-14-28)30(39)35-25-26(2)3/h11-14,26,29,42H,4-10,15-25H2,1-3H3,(H,35,39)(H,36,41)/t29-/m1/s1. The molecule has 2 heterocycles. The topological polar surface area (TPSA) is 111 Å². The van der Waals surface area contributed by atoms with Crippen molar-refractivity contribution < 1.29 is 24.2 Å². The number of piperazine rings is 1. The maximum atomic E-state index is 13.8. The van der Waals surface area contributed by atoms with E-state index in [0.717, 1.165) is 70.3 Å². The fourth-order valence-electron chi connectivity index (χ4n) is 6.82. The molecule has 1 atom stereocenters. The van der Waals surface area contributed by atoms with Gasteiger partial charge in [0.25, 0.3) is 5.91 Å². The molecule has 3 aliphatic rings. The van der Waals surface area contributed by atoms with E-state index in [-0.39, 0.29) is 17.7 Å². The van der Waals surface area contributed by atoms with Crippen LogP contribution in [0.2, 0.25) is 0 Å². The van der Waals surface area contributed by atoms with E-state index >= 15 is 0 Å². The van der Waals surface area contributed by atoms with Crippen LogP contribution in [0, 0.1) is 5.92 Å². The van der Waals surface area contributed by atoms with E-state index < -0.39 is 17.2 Å². The zero-order valence-electron chi connectivity index (χ0n) is 26.7. The van der Waals surface area contributed by atoms with E-state index in [2.05, 4.69) is 36.3 Å². The quantitative estimate of drug-likeness (QED) is 0.276. The maximum absolute atomic E-state index is 13.8. The SMILES string of the molecule is CCCCN1C(=O)[C@@H](CC2(O)CCCCC2)NC(=O)C12CCN(CCCCOc1ccc(C(=O)NCC(C)C)cc1)CC2. The Kier molecular flexibility index (Phi) is 11.9. The Morgan fingerprint density at radius 2 is 1.72 bits per heavy atom. The van der Waals surface area contributed by atoms with Crippen molar-refractivity contribution in [1.82, 2.24) is 20.4 Å². The lowest BCUT2D eigenvalue weighted by atomic mass is 9.77. The van der Waals surface area contributed by atoms with Crippen LogP contribution >= 0.6 is 0 Å². The summed E-state index contributed by atoms with van der Waals surface area (Å²) >= 11 is 0. The maximum Gasteiger partial charge on any atom is 0.251 e. The van der Waals surface area contributed by atoms with E-state index in [9.17, 15) is 19.5 Å². The van der Waals surface area contributed by atoms with Crippen LogP contribution < -0.4 is 15.4 Å². The number of piperidine rings is 1. The van der Waals surface area contributed by atoms with Crippen molar-refractivity contribution in [2.45, 2.75) is 115 Å². The van der Waals surface area contributed by atoms with Gasteiger partial charge >= 0.3 is 0 Å². The molecule has 1 aromatic rings. The van der Waals surface area contributed by atoms with Gasteiger partial charge in [0.2, 0.25) is 11.8 Å². The van der Waals surface area contributed by atoms with Gasteiger partial charge in [0.05, 0.1) is 12.2 Å². The lowest BCUT2D eigenvalue weighted by molar-refractivity contribution is -0.163. The van der Waals surface area contributed by atoms with Crippen molar-refractivity contribution in [1.29, 1.82) is 0 Å². The van der Waals surface area contributed by atoms with Gasteiger partial charge in [0, 0.05) is 38.2 Å². The summed E-state index contributed by atoms with van der Waals surface area (Å²) in [6.45, 7) is 10.6. The summed E-state index contributed by atoms with van der Waals surface area (Å²) in [4.78, 5) is 43.9. The van der Waals surface area contributed by atoms with Gasteiger partial charge in [-0.25, -0.2) is 0 Å². The van der Waals surface area contributed by atoms with Crippen LogP contribution in [0.25, 0.3) is 0 Å². The van der Waals surface area contributed by atoms with Crippen molar-refractivity contribution in [2.75, 3.05) is 39.3 Å². The second kappa shape index (κ2) is 15.4. The van der Waals surface area contributed by atoms with Crippen LogP contribution in [0.1, 0.15) is 108 Å². The van der Waals surface area contributed by atoms with Gasteiger partial charge in [0.1, 0.15) is 17.3 Å². The van der Waals surface area contributed by atoms with E-state index in [1.165, 1.54) is 0 Å². The summed E-state index contributed by atoms with van der Waals surface area (Å²) in [7, 11) is 0. The summed E-state index contributed by atoms with van der Waals surface area (Å²) < 4.78 is 5.90. The predicted octanol–water partition coefficient (Wildman–Crippen LogP) is 4.28. The minimum atomic E-state index is -0.854. The van der Waals surface area contributed by atoms with Crippen molar-refractivity contribution in [3.8, 4) is 5.75 Å². The highest BCUT2D eigenvalue weighted by atomic mass is 16.5. The van der Waals surface area contributed by atoms with Crippen molar-refractivity contribution in [3.05, 3.63) is 29.8 Å². The molecule has 0 bridgehead atoms. The minimum Gasteiger partial charge on any atom is -0.494 e. The number of rotatable bonds is 14. The van der Waals surface area contributed by atoms with Crippen LogP contribution in [-0.2, 0) is 9.59 Å². The molecule has 3 N–H and O–H groups in total. The third kappa shape index (κ3) is 8.72. The first-order valence-corrected chi connectivity index (χ1v) is 16.7. The molecule has 0 radical (unpaired) electrons. The number of likely N-dealkylation sites (tertiary alicyclic amines) is 1. The first-order valence-electron chi connectivity index (χ1n) is 16.7. The number of nitrogens with zero attached hydrogens (tertiary/aromatic N) is 2. The predicted molar refractivity (Wildman–Crippen MR) is 168 cm³/mol. The van der Waals surface area contributed by atoms with Crippen LogP contribution in [-0.4, -0.2) is 89.1 Å². The van der Waals surface area contributed by atoms with Gasteiger partial charge in [-0.15, -0.1) is 0 Å². The summed E-state index contributed by atoms with van der Waals surface area (Å²) in [5, 5.41) is 17.1. The number of ether oxygens (including phenoxy) is 1. The molecule has 9 nitrogen and oxygen atoms in total. The molecule has 3 fully saturated rings. The number of hydrogen-bond donors (Lipinski definition) is 3. The molecule has 2 saturated heterocycles. The Hall–Kier alpha value is -2.65. The number of benzene rings is 1. The Balaban J connectivity index is 1.22. The molecule has 9 heteroatoms. The summed E-state index contributed by atoms with van der Waals surface area (Å²) in [6.07, 6.45) is 9.80. The third-order valence-electron chi connectivity index (χ3n) is 9.52. The number of carbonyl (C=O) groups excluding carboxylic acids is 3. The van der Waals surface area contributed by atoms with Crippen LogP contribution in [0.5, 0.6) is 5.75 Å². The molecule has 1 saturated carbocycles. The first-order chi connectivity index (χ1) is 20.7. The minimum absolute atomic E-state index is 0.0122. The van der Waals surface area contributed by atoms with Crippen molar-refractivity contribution in [3.63, 3.8) is 0 Å². The van der Waals surface area contributed by atoms with Crippen molar-refractivity contribution >= 4 is 17.7 Å². The Labute approximate surface area is 258 Å². The zero-order chi connectivity index (χ0) is 30.9. The average molecular weight is 599 g/mol. The molecule has 240 valence electrons. The molecule has 3 amide bonds. The Morgan fingerprint density at radius 3 is 2.37 bits per heavy atom. The lowest BCUT2D eigenvalue weighted by Gasteiger charge is -2.52. The number of amides is 3. The second-order valence-electron chi connectivity index (χ2n) is 13.4. The highest BCUT2D eigenvalue weighted by Gasteiger charge is 2.54. The van der Waals surface area contributed by atoms with E-state index in [0.29, 0.717) is 63.3 Å². The monoisotopic (exact) mass is 598 g/mol. The molecular weight excluding hydrogens is 544 g/mol. The normalized spacial score (nSPS) is 22.1. The molecule has 2 aliphatic heterocycles. The number of unbranched alkanes of at least 4 members (excludes halogenated alkanes) is 2. The zero-order valence-corrected chi connectivity index (χ0v) is 26.7. The largest absolute Gasteiger partial charge is 0.494 e. The third-order valence-corrected chi connectivity index (χ3v) is 9.52. The fraction of sp³-hybridized carbons (Fsp3) is 0.735. The lowest BCUT2D eigenvalue weighted by Crippen LogP contribution is -2.73. The molecule has 1 aromatic carbocycles. The summed E-state index contributed by atoms with van der Waals surface area (Å²) in [5.41, 5.74) is -1.00.